The lowest BCUT2D eigenvalue weighted by molar-refractivity contribution is 0.104. The summed E-state index contributed by atoms with van der Waals surface area (Å²) >= 11 is 0. The maximum Gasteiger partial charge on any atom is 0.204 e. The van der Waals surface area contributed by atoms with Gasteiger partial charge in [-0.3, -0.25) is 14.8 Å². The summed E-state index contributed by atoms with van der Waals surface area (Å²) < 4.78 is 5.05. The van der Waals surface area contributed by atoms with Crippen LogP contribution in [0.4, 0.5) is 0 Å². The van der Waals surface area contributed by atoms with E-state index in [0.29, 0.717) is 11.4 Å². The number of pyridine rings is 2. The fourth-order valence-electron chi connectivity index (χ4n) is 1.40. The average Bonchev–Trinajstić information content (AvgIpc) is 2.46. The van der Waals surface area contributed by atoms with Gasteiger partial charge in [0, 0.05) is 12.4 Å². The van der Waals surface area contributed by atoms with Gasteiger partial charge in [0.05, 0.1) is 13.3 Å². The number of carbonyl (C=O) groups excluding carboxylic acids is 1. The molecule has 0 aliphatic heterocycles. The van der Waals surface area contributed by atoms with Crippen LogP contribution >= 0.6 is 0 Å². The molecule has 2 aromatic rings. The van der Waals surface area contributed by atoms with Crippen molar-refractivity contribution in [2.75, 3.05) is 7.11 Å². The van der Waals surface area contributed by atoms with Crippen molar-refractivity contribution in [1.82, 2.24) is 9.97 Å². The molecular formula is C14H12N2O2. The zero-order valence-corrected chi connectivity index (χ0v) is 9.91. The molecule has 18 heavy (non-hydrogen) atoms. The molecule has 0 unspecified atom stereocenters. The van der Waals surface area contributed by atoms with Gasteiger partial charge in [-0.1, -0.05) is 6.07 Å². The zero-order chi connectivity index (χ0) is 12.8. The monoisotopic (exact) mass is 240 g/mol. The Bertz CT molecular complexity index is 565. The van der Waals surface area contributed by atoms with E-state index in [4.69, 9.17) is 4.74 Å². The summed E-state index contributed by atoms with van der Waals surface area (Å²) in [6, 6.07) is 7.03. The third-order valence-electron chi connectivity index (χ3n) is 2.31. The van der Waals surface area contributed by atoms with Gasteiger partial charge in [0.15, 0.2) is 0 Å². The highest BCUT2D eigenvalue weighted by atomic mass is 16.5. The fraction of sp³-hybridized carbons (Fsp3) is 0.0714. The molecule has 0 aromatic carbocycles. The van der Waals surface area contributed by atoms with E-state index in [1.165, 1.54) is 6.08 Å². The number of nitrogens with zero attached hydrogens (tertiary/aromatic N) is 2. The van der Waals surface area contributed by atoms with Crippen LogP contribution in [0.5, 0.6) is 5.75 Å². The molecule has 0 spiro atoms. The third kappa shape index (κ3) is 3.01. The number of hydrogen-bond acceptors (Lipinski definition) is 4. The van der Waals surface area contributed by atoms with Crippen LogP contribution in [-0.4, -0.2) is 22.9 Å². The van der Waals surface area contributed by atoms with E-state index in [1.54, 1.807) is 56.0 Å². The Morgan fingerprint density at radius 3 is 2.94 bits per heavy atom. The van der Waals surface area contributed by atoms with Crippen molar-refractivity contribution in [1.29, 1.82) is 0 Å². The SMILES string of the molecule is COc1cncc(C=CC(=O)c2ccccn2)c1. The predicted octanol–water partition coefficient (Wildman–Crippen LogP) is 2.38. The highest BCUT2D eigenvalue weighted by Crippen LogP contribution is 2.11. The summed E-state index contributed by atoms with van der Waals surface area (Å²) in [4.78, 5) is 19.8. The zero-order valence-electron chi connectivity index (χ0n) is 9.91. The van der Waals surface area contributed by atoms with Crippen molar-refractivity contribution in [3.8, 4) is 5.75 Å². The number of hydrogen-bond donors (Lipinski definition) is 0. The second-order valence-electron chi connectivity index (χ2n) is 3.57. The second kappa shape index (κ2) is 5.72. The molecule has 2 heterocycles. The molecule has 4 nitrogen and oxygen atoms in total. The molecule has 2 rings (SSSR count). The first-order valence-electron chi connectivity index (χ1n) is 5.42. The second-order valence-corrected chi connectivity index (χ2v) is 3.57. The molecule has 0 saturated carbocycles. The van der Waals surface area contributed by atoms with Crippen LogP contribution in [0.1, 0.15) is 16.1 Å². The van der Waals surface area contributed by atoms with Gasteiger partial charge in [-0.2, -0.15) is 0 Å². The molecule has 0 atom stereocenters. The van der Waals surface area contributed by atoms with Crippen LogP contribution in [0.3, 0.4) is 0 Å². The van der Waals surface area contributed by atoms with E-state index in [9.17, 15) is 4.79 Å². The first kappa shape index (κ1) is 12.0. The smallest absolute Gasteiger partial charge is 0.204 e. The first-order chi connectivity index (χ1) is 8.79. The highest BCUT2D eigenvalue weighted by Gasteiger charge is 2.01. The lowest BCUT2D eigenvalue weighted by atomic mass is 10.2. The van der Waals surface area contributed by atoms with Crippen LogP contribution in [0.15, 0.2) is 48.9 Å². The summed E-state index contributed by atoms with van der Waals surface area (Å²) in [5, 5.41) is 0. The largest absolute Gasteiger partial charge is 0.495 e. The Morgan fingerprint density at radius 2 is 2.22 bits per heavy atom. The van der Waals surface area contributed by atoms with Crippen molar-refractivity contribution in [3.63, 3.8) is 0 Å². The van der Waals surface area contributed by atoms with Crippen LogP contribution in [-0.2, 0) is 0 Å². The van der Waals surface area contributed by atoms with Gasteiger partial charge < -0.3 is 4.74 Å². The van der Waals surface area contributed by atoms with Gasteiger partial charge in [-0.05, 0) is 35.9 Å². The molecule has 0 aliphatic carbocycles. The molecule has 0 aliphatic rings. The lowest BCUT2D eigenvalue weighted by Gasteiger charge is -1.99. The van der Waals surface area contributed by atoms with E-state index < -0.39 is 0 Å². The van der Waals surface area contributed by atoms with Crippen LogP contribution in [0, 0.1) is 0 Å². The van der Waals surface area contributed by atoms with Crippen molar-refractivity contribution < 1.29 is 9.53 Å². The van der Waals surface area contributed by atoms with Gasteiger partial charge in [-0.15, -0.1) is 0 Å². The molecule has 0 amide bonds. The Balaban J connectivity index is 2.13. The molecule has 2 aromatic heterocycles. The Labute approximate surface area is 105 Å². The number of aromatic nitrogens is 2. The number of ketones is 1. The first-order valence-corrected chi connectivity index (χ1v) is 5.42. The van der Waals surface area contributed by atoms with Crippen molar-refractivity contribution >= 4 is 11.9 Å². The minimum Gasteiger partial charge on any atom is -0.495 e. The summed E-state index contributed by atoms with van der Waals surface area (Å²) in [7, 11) is 1.57. The standard InChI is InChI=1S/C14H12N2O2/c1-18-12-8-11(9-15-10-12)5-6-14(17)13-4-2-3-7-16-13/h2-10H,1H3. The van der Waals surface area contributed by atoms with Gasteiger partial charge in [0.1, 0.15) is 11.4 Å². The number of ether oxygens (including phenoxy) is 1. The van der Waals surface area contributed by atoms with Crippen LogP contribution < -0.4 is 4.74 Å². The molecule has 0 radical (unpaired) electrons. The van der Waals surface area contributed by atoms with Gasteiger partial charge >= 0.3 is 0 Å². The third-order valence-corrected chi connectivity index (χ3v) is 2.31. The Morgan fingerprint density at radius 1 is 1.33 bits per heavy atom. The summed E-state index contributed by atoms with van der Waals surface area (Å²) in [6.45, 7) is 0. The molecule has 0 saturated heterocycles. The highest BCUT2D eigenvalue weighted by molar-refractivity contribution is 6.05. The predicted molar refractivity (Wildman–Crippen MR) is 68.4 cm³/mol. The van der Waals surface area contributed by atoms with E-state index in [1.807, 2.05) is 0 Å². The number of allylic oxidation sites excluding steroid dienone is 1. The minimum absolute atomic E-state index is 0.140. The molecule has 0 bridgehead atoms. The fourth-order valence-corrected chi connectivity index (χ4v) is 1.40. The molecular weight excluding hydrogens is 228 g/mol. The topological polar surface area (TPSA) is 52.1 Å². The Kier molecular flexibility index (Phi) is 3.81. The molecule has 0 fully saturated rings. The van der Waals surface area contributed by atoms with E-state index in [0.717, 1.165) is 5.56 Å². The van der Waals surface area contributed by atoms with Gasteiger partial charge in [0.25, 0.3) is 0 Å². The van der Waals surface area contributed by atoms with Crippen molar-refractivity contribution in [2.45, 2.75) is 0 Å². The maximum absolute atomic E-state index is 11.8. The van der Waals surface area contributed by atoms with E-state index in [2.05, 4.69) is 9.97 Å². The lowest BCUT2D eigenvalue weighted by Crippen LogP contribution is -1.96. The summed E-state index contributed by atoms with van der Waals surface area (Å²) in [6.07, 6.45) is 8.02. The average molecular weight is 240 g/mol. The summed E-state index contributed by atoms with van der Waals surface area (Å²) in [5.74, 6) is 0.515. The van der Waals surface area contributed by atoms with Crippen molar-refractivity contribution in [2.24, 2.45) is 0 Å². The minimum atomic E-state index is -0.140. The maximum atomic E-state index is 11.8. The molecule has 0 N–H and O–H groups in total. The normalized spacial score (nSPS) is 10.5. The van der Waals surface area contributed by atoms with E-state index in [-0.39, 0.29) is 5.78 Å². The van der Waals surface area contributed by atoms with Crippen molar-refractivity contribution in [3.05, 3.63) is 60.2 Å². The van der Waals surface area contributed by atoms with Crippen LogP contribution in [0.25, 0.3) is 6.08 Å². The molecule has 90 valence electrons. The van der Waals surface area contributed by atoms with Gasteiger partial charge in [-0.25, -0.2) is 0 Å². The molecule has 4 heteroatoms. The van der Waals surface area contributed by atoms with Gasteiger partial charge in [0.2, 0.25) is 5.78 Å². The number of methoxy groups -OCH3 is 1. The quantitative estimate of drug-likeness (QED) is 0.608. The Hall–Kier alpha value is -2.49. The number of carbonyl (C=O) groups is 1. The summed E-state index contributed by atoms with van der Waals surface area (Å²) in [5.41, 5.74) is 1.23. The van der Waals surface area contributed by atoms with Crippen LogP contribution in [0.2, 0.25) is 0 Å². The number of rotatable bonds is 4. The van der Waals surface area contributed by atoms with E-state index >= 15 is 0 Å².